The molecule has 0 N–H and O–H groups in total. The third kappa shape index (κ3) is 2.46. The molecule has 1 aliphatic heterocycles. The Labute approximate surface area is 106 Å². The molecule has 17 heavy (non-hydrogen) atoms. The standard InChI is InChI=1S/C14H25BO2/c1-12(2)9-7-11(8-10-12)15-16-13(3,4)14(5,6)17-15/h7H,8-10H2,1-6H3. The molecule has 1 aliphatic carbocycles. The summed E-state index contributed by atoms with van der Waals surface area (Å²) in [6, 6.07) is 0. The highest BCUT2D eigenvalue weighted by atomic mass is 16.7. The molecule has 0 aromatic heterocycles. The predicted octanol–water partition coefficient (Wildman–Crippen LogP) is 3.75. The van der Waals surface area contributed by atoms with Crippen LogP contribution in [0.5, 0.6) is 0 Å². The molecule has 0 atom stereocenters. The van der Waals surface area contributed by atoms with Crippen LogP contribution in [0.3, 0.4) is 0 Å². The van der Waals surface area contributed by atoms with Gasteiger partial charge in [0.1, 0.15) is 0 Å². The van der Waals surface area contributed by atoms with Crippen LogP contribution >= 0.6 is 0 Å². The van der Waals surface area contributed by atoms with Crippen LogP contribution in [0.2, 0.25) is 0 Å². The normalized spacial score (nSPS) is 30.2. The number of hydrogen-bond donors (Lipinski definition) is 0. The maximum Gasteiger partial charge on any atom is 0.490 e. The third-order valence-electron chi connectivity index (χ3n) is 4.56. The smallest absolute Gasteiger partial charge is 0.400 e. The molecule has 0 amide bonds. The minimum absolute atomic E-state index is 0.129. The first kappa shape index (κ1) is 13.2. The zero-order valence-corrected chi connectivity index (χ0v) is 12.1. The van der Waals surface area contributed by atoms with Crippen molar-refractivity contribution in [1.29, 1.82) is 0 Å². The van der Waals surface area contributed by atoms with Crippen LogP contribution in [0, 0.1) is 5.41 Å². The second kappa shape index (κ2) is 3.86. The van der Waals surface area contributed by atoms with Crippen molar-refractivity contribution >= 4 is 7.12 Å². The zero-order valence-electron chi connectivity index (χ0n) is 12.1. The Hall–Kier alpha value is -0.275. The predicted molar refractivity (Wildman–Crippen MR) is 71.8 cm³/mol. The van der Waals surface area contributed by atoms with Crippen LogP contribution in [-0.2, 0) is 9.31 Å². The fourth-order valence-corrected chi connectivity index (χ4v) is 2.30. The molecule has 1 fully saturated rings. The maximum absolute atomic E-state index is 6.08. The van der Waals surface area contributed by atoms with Crippen LogP contribution in [0.1, 0.15) is 60.8 Å². The third-order valence-corrected chi connectivity index (χ3v) is 4.56. The van der Waals surface area contributed by atoms with E-state index in [1.54, 1.807) is 0 Å². The Morgan fingerprint density at radius 3 is 1.94 bits per heavy atom. The van der Waals surface area contributed by atoms with Crippen molar-refractivity contribution in [1.82, 2.24) is 0 Å². The summed E-state index contributed by atoms with van der Waals surface area (Å²) in [6.07, 6.45) is 5.78. The molecule has 0 aromatic rings. The lowest BCUT2D eigenvalue weighted by Crippen LogP contribution is -2.41. The van der Waals surface area contributed by atoms with Crippen LogP contribution in [-0.4, -0.2) is 18.3 Å². The first-order chi connectivity index (χ1) is 7.63. The molecule has 96 valence electrons. The van der Waals surface area contributed by atoms with E-state index in [1.165, 1.54) is 11.9 Å². The highest BCUT2D eigenvalue weighted by Gasteiger charge is 2.52. The van der Waals surface area contributed by atoms with Gasteiger partial charge in [-0.25, -0.2) is 0 Å². The van der Waals surface area contributed by atoms with Crippen LogP contribution in [0.4, 0.5) is 0 Å². The van der Waals surface area contributed by atoms with Gasteiger partial charge in [0.2, 0.25) is 0 Å². The summed E-state index contributed by atoms with van der Waals surface area (Å²) >= 11 is 0. The molecule has 2 nitrogen and oxygen atoms in total. The van der Waals surface area contributed by atoms with Gasteiger partial charge in [0.05, 0.1) is 11.2 Å². The maximum atomic E-state index is 6.08. The molecule has 0 spiro atoms. The monoisotopic (exact) mass is 236 g/mol. The van der Waals surface area contributed by atoms with E-state index in [0.717, 1.165) is 12.8 Å². The Morgan fingerprint density at radius 2 is 1.53 bits per heavy atom. The Kier molecular flexibility index (Phi) is 2.99. The van der Waals surface area contributed by atoms with Gasteiger partial charge in [0.25, 0.3) is 0 Å². The minimum atomic E-state index is -0.217. The molecular weight excluding hydrogens is 211 g/mol. The quantitative estimate of drug-likeness (QED) is 0.645. The lowest BCUT2D eigenvalue weighted by molar-refractivity contribution is 0.00578. The number of allylic oxidation sites excluding steroid dienone is 2. The van der Waals surface area contributed by atoms with Gasteiger partial charge in [-0.2, -0.15) is 0 Å². The molecule has 1 heterocycles. The molecule has 2 rings (SSSR count). The highest BCUT2D eigenvalue weighted by molar-refractivity contribution is 6.54. The van der Waals surface area contributed by atoms with Crippen LogP contribution in [0.25, 0.3) is 0 Å². The van der Waals surface area contributed by atoms with E-state index in [1.807, 2.05) is 0 Å². The van der Waals surface area contributed by atoms with Gasteiger partial charge < -0.3 is 9.31 Å². The fourth-order valence-electron chi connectivity index (χ4n) is 2.30. The van der Waals surface area contributed by atoms with E-state index in [0.29, 0.717) is 5.41 Å². The van der Waals surface area contributed by atoms with E-state index in [2.05, 4.69) is 47.6 Å². The molecule has 1 saturated heterocycles. The summed E-state index contributed by atoms with van der Waals surface area (Å²) < 4.78 is 12.2. The van der Waals surface area contributed by atoms with Gasteiger partial charge in [-0.1, -0.05) is 19.9 Å². The van der Waals surface area contributed by atoms with Crippen molar-refractivity contribution in [3.63, 3.8) is 0 Å². The summed E-state index contributed by atoms with van der Waals surface area (Å²) in [5, 5.41) is 0. The van der Waals surface area contributed by atoms with Gasteiger partial charge in [0, 0.05) is 0 Å². The van der Waals surface area contributed by atoms with Gasteiger partial charge in [0.15, 0.2) is 0 Å². The Morgan fingerprint density at radius 1 is 1.00 bits per heavy atom. The van der Waals surface area contributed by atoms with Crippen molar-refractivity contribution in [2.45, 2.75) is 72.0 Å². The summed E-state index contributed by atoms with van der Waals surface area (Å²) in [5.41, 5.74) is 1.34. The largest absolute Gasteiger partial charge is 0.490 e. The first-order valence-corrected chi connectivity index (χ1v) is 6.68. The van der Waals surface area contributed by atoms with E-state index in [-0.39, 0.29) is 18.3 Å². The van der Waals surface area contributed by atoms with E-state index in [9.17, 15) is 0 Å². The molecule has 0 aromatic carbocycles. The van der Waals surface area contributed by atoms with Gasteiger partial charge >= 0.3 is 7.12 Å². The van der Waals surface area contributed by atoms with Crippen LogP contribution in [0.15, 0.2) is 11.5 Å². The van der Waals surface area contributed by atoms with Crippen molar-refractivity contribution in [2.75, 3.05) is 0 Å². The number of rotatable bonds is 1. The topological polar surface area (TPSA) is 18.5 Å². The summed E-state index contributed by atoms with van der Waals surface area (Å²) in [7, 11) is -0.129. The second-order valence-electron chi connectivity index (χ2n) is 7.24. The molecular formula is C14H25BO2. The second-order valence-corrected chi connectivity index (χ2v) is 7.24. The molecule has 2 aliphatic rings. The van der Waals surface area contributed by atoms with Crippen LogP contribution < -0.4 is 0 Å². The zero-order chi connectivity index (χ0) is 12.9. The summed E-state index contributed by atoms with van der Waals surface area (Å²) in [6.45, 7) is 13.1. The van der Waals surface area contributed by atoms with Gasteiger partial charge in [-0.05, 0) is 57.8 Å². The lowest BCUT2D eigenvalue weighted by atomic mass is 9.67. The number of hydrogen-bond acceptors (Lipinski definition) is 2. The average molecular weight is 236 g/mol. The SMILES string of the molecule is CC1(C)CC=C(B2OC(C)(C)C(C)(C)O2)CC1. The van der Waals surface area contributed by atoms with Gasteiger partial charge in [-0.15, -0.1) is 0 Å². The van der Waals surface area contributed by atoms with Crippen molar-refractivity contribution < 1.29 is 9.31 Å². The molecule has 0 radical (unpaired) electrons. The lowest BCUT2D eigenvalue weighted by Gasteiger charge is -2.32. The molecule has 0 saturated carbocycles. The summed E-state index contributed by atoms with van der Waals surface area (Å²) in [5.74, 6) is 0. The molecule has 3 heteroatoms. The highest BCUT2D eigenvalue weighted by Crippen LogP contribution is 2.42. The Bertz CT molecular complexity index is 326. The summed E-state index contributed by atoms with van der Waals surface area (Å²) in [4.78, 5) is 0. The minimum Gasteiger partial charge on any atom is -0.400 e. The Balaban J connectivity index is 2.10. The average Bonchev–Trinajstić information content (AvgIpc) is 2.35. The van der Waals surface area contributed by atoms with E-state index in [4.69, 9.17) is 9.31 Å². The first-order valence-electron chi connectivity index (χ1n) is 6.68. The van der Waals surface area contributed by atoms with Gasteiger partial charge in [-0.3, -0.25) is 0 Å². The van der Waals surface area contributed by atoms with Crippen molar-refractivity contribution in [2.24, 2.45) is 5.41 Å². The van der Waals surface area contributed by atoms with Crippen molar-refractivity contribution in [3.8, 4) is 0 Å². The molecule has 0 bridgehead atoms. The molecule has 0 unspecified atom stereocenters. The van der Waals surface area contributed by atoms with E-state index >= 15 is 0 Å². The fraction of sp³-hybridized carbons (Fsp3) is 0.857. The van der Waals surface area contributed by atoms with Crippen molar-refractivity contribution in [3.05, 3.63) is 11.5 Å². The van der Waals surface area contributed by atoms with E-state index < -0.39 is 0 Å².